The molecule has 0 saturated heterocycles. The number of fused-ring (bicyclic) bond motifs is 1. The lowest BCUT2D eigenvalue weighted by atomic mass is 10.0. The maximum Gasteiger partial charge on any atom is 0.161 e. The molecule has 1 aliphatic rings. The smallest absolute Gasteiger partial charge is 0.161 e. The molecule has 3 aromatic carbocycles. The first-order valence-corrected chi connectivity index (χ1v) is 10.5. The molecule has 0 aromatic heterocycles. The molecule has 156 valence electrons. The first-order chi connectivity index (χ1) is 14.8. The van der Waals surface area contributed by atoms with Crippen LogP contribution in [0.3, 0.4) is 0 Å². The van der Waals surface area contributed by atoms with Crippen LogP contribution in [0.25, 0.3) is 0 Å². The molecule has 1 heterocycles. The van der Waals surface area contributed by atoms with Crippen LogP contribution in [0.1, 0.15) is 28.7 Å². The number of ether oxygens (including phenoxy) is 3. The number of benzene rings is 3. The van der Waals surface area contributed by atoms with Gasteiger partial charge in [-0.25, -0.2) is 0 Å². The van der Waals surface area contributed by atoms with Crippen molar-refractivity contribution in [3.05, 3.63) is 89.0 Å². The molecule has 0 bridgehead atoms. The van der Waals surface area contributed by atoms with Crippen LogP contribution in [-0.2, 0) is 26.1 Å². The summed E-state index contributed by atoms with van der Waals surface area (Å²) in [6, 6.07) is 22.8. The molecule has 0 N–H and O–H groups in total. The number of methoxy groups -OCH3 is 2. The van der Waals surface area contributed by atoms with E-state index < -0.39 is 0 Å². The Morgan fingerprint density at radius 3 is 2.33 bits per heavy atom. The third-order valence-electron chi connectivity index (χ3n) is 5.62. The average Bonchev–Trinajstić information content (AvgIpc) is 2.99. The number of hydrogen-bond donors (Lipinski definition) is 0. The van der Waals surface area contributed by atoms with Crippen molar-refractivity contribution in [2.24, 2.45) is 0 Å². The zero-order valence-electron chi connectivity index (χ0n) is 17.8. The molecule has 4 nitrogen and oxygen atoms in total. The second kappa shape index (κ2) is 9.68. The van der Waals surface area contributed by atoms with E-state index in [1.807, 2.05) is 30.3 Å². The quantitative estimate of drug-likeness (QED) is 0.540. The van der Waals surface area contributed by atoms with Crippen molar-refractivity contribution in [2.75, 3.05) is 20.8 Å². The highest BCUT2D eigenvalue weighted by Crippen LogP contribution is 2.34. The SMILES string of the molecule is COc1ccccc1CN1CCCc2cc(OCc3ccccc3)c(OC)cc2C1. The van der Waals surface area contributed by atoms with Crippen molar-refractivity contribution < 1.29 is 14.2 Å². The van der Waals surface area contributed by atoms with Gasteiger partial charge in [0, 0.05) is 18.7 Å². The molecule has 0 unspecified atom stereocenters. The van der Waals surface area contributed by atoms with Gasteiger partial charge in [-0.15, -0.1) is 0 Å². The summed E-state index contributed by atoms with van der Waals surface area (Å²) in [7, 11) is 3.44. The Labute approximate surface area is 179 Å². The van der Waals surface area contributed by atoms with Gasteiger partial charge in [0.15, 0.2) is 11.5 Å². The molecule has 4 heteroatoms. The Morgan fingerprint density at radius 2 is 1.53 bits per heavy atom. The molecule has 0 amide bonds. The third kappa shape index (κ3) is 4.77. The minimum Gasteiger partial charge on any atom is -0.496 e. The fourth-order valence-corrected chi connectivity index (χ4v) is 4.05. The van der Waals surface area contributed by atoms with Crippen molar-refractivity contribution >= 4 is 0 Å². The van der Waals surface area contributed by atoms with Gasteiger partial charge in [-0.2, -0.15) is 0 Å². The molecule has 1 aliphatic heterocycles. The van der Waals surface area contributed by atoms with Gasteiger partial charge in [0.25, 0.3) is 0 Å². The lowest BCUT2D eigenvalue weighted by molar-refractivity contribution is 0.255. The van der Waals surface area contributed by atoms with E-state index in [0.717, 1.165) is 55.3 Å². The van der Waals surface area contributed by atoms with Crippen molar-refractivity contribution in [1.29, 1.82) is 0 Å². The molecule has 3 aromatic rings. The molecule has 0 fully saturated rings. The van der Waals surface area contributed by atoms with Crippen LogP contribution in [0.5, 0.6) is 17.2 Å². The second-order valence-corrected chi connectivity index (χ2v) is 7.67. The van der Waals surface area contributed by atoms with Crippen molar-refractivity contribution in [3.63, 3.8) is 0 Å². The molecule has 4 rings (SSSR count). The van der Waals surface area contributed by atoms with Gasteiger partial charge in [0.1, 0.15) is 12.4 Å². The minimum absolute atomic E-state index is 0.538. The fraction of sp³-hybridized carbons (Fsp3) is 0.308. The van der Waals surface area contributed by atoms with Gasteiger partial charge in [-0.1, -0.05) is 48.5 Å². The molecule has 0 radical (unpaired) electrons. The molecule has 0 spiro atoms. The average molecular weight is 404 g/mol. The van der Waals surface area contributed by atoms with Crippen LogP contribution in [0.15, 0.2) is 66.7 Å². The monoisotopic (exact) mass is 403 g/mol. The van der Waals surface area contributed by atoms with Gasteiger partial charge >= 0.3 is 0 Å². The van der Waals surface area contributed by atoms with Crippen LogP contribution in [0.2, 0.25) is 0 Å². The molecule has 30 heavy (non-hydrogen) atoms. The van der Waals surface area contributed by atoms with Gasteiger partial charge in [0.2, 0.25) is 0 Å². The Morgan fingerprint density at radius 1 is 0.800 bits per heavy atom. The topological polar surface area (TPSA) is 30.9 Å². The minimum atomic E-state index is 0.538. The Bertz CT molecular complexity index is 971. The highest BCUT2D eigenvalue weighted by Gasteiger charge is 2.19. The summed E-state index contributed by atoms with van der Waals surface area (Å²) in [5.41, 5.74) is 5.03. The molecular weight excluding hydrogens is 374 g/mol. The normalized spacial score (nSPS) is 13.9. The van der Waals surface area contributed by atoms with E-state index in [2.05, 4.69) is 41.3 Å². The summed E-state index contributed by atoms with van der Waals surface area (Å²) in [5, 5.41) is 0. The Kier molecular flexibility index (Phi) is 6.55. The number of aryl methyl sites for hydroxylation is 1. The van der Waals surface area contributed by atoms with Gasteiger partial charge in [-0.3, -0.25) is 4.90 Å². The molecule has 0 aliphatic carbocycles. The van der Waals surface area contributed by atoms with E-state index in [0.29, 0.717) is 6.61 Å². The third-order valence-corrected chi connectivity index (χ3v) is 5.62. The number of hydrogen-bond acceptors (Lipinski definition) is 4. The highest BCUT2D eigenvalue weighted by molar-refractivity contribution is 5.48. The predicted octanol–water partition coefficient (Wildman–Crippen LogP) is 5.23. The highest BCUT2D eigenvalue weighted by atomic mass is 16.5. The molecule has 0 atom stereocenters. The Hall–Kier alpha value is -2.98. The van der Waals surface area contributed by atoms with Crippen LogP contribution in [0.4, 0.5) is 0 Å². The van der Waals surface area contributed by atoms with Gasteiger partial charge < -0.3 is 14.2 Å². The summed E-state index contributed by atoms with van der Waals surface area (Å²) >= 11 is 0. The second-order valence-electron chi connectivity index (χ2n) is 7.67. The predicted molar refractivity (Wildman–Crippen MR) is 119 cm³/mol. The maximum atomic E-state index is 6.12. The maximum absolute atomic E-state index is 6.12. The summed E-state index contributed by atoms with van der Waals surface area (Å²) in [6.07, 6.45) is 2.16. The molecular formula is C26H29NO3. The van der Waals surface area contributed by atoms with E-state index in [1.54, 1.807) is 14.2 Å². The van der Waals surface area contributed by atoms with E-state index in [9.17, 15) is 0 Å². The van der Waals surface area contributed by atoms with E-state index in [4.69, 9.17) is 14.2 Å². The van der Waals surface area contributed by atoms with Crippen molar-refractivity contribution in [1.82, 2.24) is 4.90 Å². The van der Waals surface area contributed by atoms with Crippen molar-refractivity contribution in [2.45, 2.75) is 32.5 Å². The van der Waals surface area contributed by atoms with E-state index in [-0.39, 0.29) is 0 Å². The van der Waals surface area contributed by atoms with Gasteiger partial charge in [0.05, 0.1) is 14.2 Å². The van der Waals surface area contributed by atoms with E-state index >= 15 is 0 Å². The van der Waals surface area contributed by atoms with Crippen LogP contribution < -0.4 is 14.2 Å². The summed E-state index contributed by atoms with van der Waals surface area (Å²) < 4.78 is 17.3. The van der Waals surface area contributed by atoms with E-state index in [1.165, 1.54) is 16.7 Å². The van der Waals surface area contributed by atoms with Crippen LogP contribution in [0, 0.1) is 0 Å². The fourth-order valence-electron chi connectivity index (χ4n) is 4.05. The standard InChI is InChI=1S/C26H29NO3/c1-28-24-13-7-6-11-22(24)17-27-14-8-12-21-15-26(25(29-2)16-23(21)18-27)30-19-20-9-4-3-5-10-20/h3-7,9-11,13,15-16H,8,12,14,17-19H2,1-2H3. The summed E-state index contributed by atoms with van der Waals surface area (Å²) in [5.74, 6) is 2.56. The summed E-state index contributed by atoms with van der Waals surface area (Å²) in [4.78, 5) is 2.48. The zero-order valence-corrected chi connectivity index (χ0v) is 17.8. The van der Waals surface area contributed by atoms with Crippen molar-refractivity contribution in [3.8, 4) is 17.2 Å². The molecule has 0 saturated carbocycles. The Balaban J connectivity index is 1.52. The van der Waals surface area contributed by atoms with Crippen LogP contribution in [-0.4, -0.2) is 25.7 Å². The lowest BCUT2D eigenvalue weighted by Gasteiger charge is -2.22. The summed E-state index contributed by atoms with van der Waals surface area (Å²) in [6.45, 7) is 3.35. The van der Waals surface area contributed by atoms with Gasteiger partial charge in [-0.05, 0) is 54.3 Å². The number of para-hydroxylation sites is 1. The first kappa shape index (κ1) is 20.3. The lowest BCUT2D eigenvalue weighted by Crippen LogP contribution is -2.23. The number of rotatable bonds is 7. The number of nitrogens with zero attached hydrogens (tertiary/aromatic N) is 1. The van der Waals surface area contributed by atoms with Crippen LogP contribution >= 0.6 is 0 Å². The largest absolute Gasteiger partial charge is 0.496 e. The zero-order chi connectivity index (χ0) is 20.8. The first-order valence-electron chi connectivity index (χ1n) is 10.5.